The third kappa shape index (κ3) is 2.48. The topological polar surface area (TPSA) is 37.4 Å². The minimum Gasteiger partial charge on any atom is -0.270 e. The van der Waals surface area contributed by atoms with Crippen LogP contribution in [-0.4, -0.2) is 22.8 Å². The van der Waals surface area contributed by atoms with Gasteiger partial charge in [0.2, 0.25) is 0 Å². The second-order valence-electron chi connectivity index (χ2n) is 6.28. The molecule has 3 nitrogen and oxygen atoms in total. The highest BCUT2D eigenvalue weighted by molar-refractivity contribution is 6.55. The van der Waals surface area contributed by atoms with E-state index in [1.807, 2.05) is 32.0 Å². The summed E-state index contributed by atoms with van der Waals surface area (Å²) in [4.78, 5) is 26.7. The predicted molar refractivity (Wildman–Crippen MR) is 87.4 cm³/mol. The maximum Gasteiger partial charge on any atom is 0.273 e. The summed E-state index contributed by atoms with van der Waals surface area (Å²) in [6.45, 7) is 3.95. The maximum atomic E-state index is 12.8. The van der Waals surface area contributed by atoms with Crippen molar-refractivity contribution in [3.63, 3.8) is 0 Å². The molecule has 2 amide bonds. The Bertz CT molecular complexity index is 672. The highest BCUT2D eigenvalue weighted by Gasteiger charge is 2.42. The van der Waals surface area contributed by atoms with E-state index in [0.29, 0.717) is 5.57 Å². The van der Waals surface area contributed by atoms with Crippen molar-refractivity contribution in [1.82, 2.24) is 4.90 Å². The molecule has 0 atom stereocenters. The van der Waals surface area contributed by atoms with Crippen molar-refractivity contribution in [2.45, 2.75) is 52.0 Å². The summed E-state index contributed by atoms with van der Waals surface area (Å²) in [5.41, 5.74) is 3.24. The molecule has 1 saturated carbocycles. The number of aryl methyl sites for hydroxylation is 2. The second kappa shape index (κ2) is 5.88. The van der Waals surface area contributed by atoms with Gasteiger partial charge in [-0.2, -0.15) is 0 Å². The normalized spacial score (nSPS) is 20.2. The van der Waals surface area contributed by atoms with Crippen LogP contribution in [0.4, 0.5) is 0 Å². The van der Waals surface area contributed by atoms with Crippen LogP contribution in [0.2, 0.25) is 0 Å². The first-order valence-electron chi connectivity index (χ1n) is 7.86. The van der Waals surface area contributed by atoms with Crippen molar-refractivity contribution in [3.05, 3.63) is 39.9 Å². The number of rotatable bonds is 2. The molecule has 1 aliphatic carbocycles. The first kappa shape index (κ1) is 15.3. The molecule has 0 N–H and O–H groups in total. The highest BCUT2D eigenvalue weighted by atomic mass is 35.5. The van der Waals surface area contributed by atoms with E-state index in [1.54, 1.807) is 0 Å². The van der Waals surface area contributed by atoms with Crippen LogP contribution in [0.1, 0.15) is 48.8 Å². The van der Waals surface area contributed by atoms with E-state index >= 15 is 0 Å². The third-order valence-corrected chi connectivity index (χ3v) is 5.00. The fourth-order valence-corrected chi connectivity index (χ4v) is 3.79. The Balaban J connectivity index is 1.98. The van der Waals surface area contributed by atoms with Crippen molar-refractivity contribution >= 4 is 29.0 Å². The van der Waals surface area contributed by atoms with Crippen LogP contribution in [0.25, 0.3) is 5.57 Å². The standard InChI is InChI=1S/C18H20ClNO2/c1-11-8-9-14(12(2)10-11)15-16(19)18(22)20(17(15)21)13-6-4-3-5-7-13/h8-10,13H,3-7H2,1-2H3. The molecule has 0 bridgehead atoms. The van der Waals surface area contributed by atoms with Gasteiger partial charge in [0, 0.05) is 6.04 Å². The molecule has 0 spiro atoms. The van der Waals surface area contributed by atoms with Gasteiger partial charge in [-0.15, -0.1) is 0 Å². The largest absolute Gasteiger partial charge is 0.273 e. The number of hydrogen-bond donors (Lipinski definition) is 0. The molecule has 22 heavy (non-hydrogen) atoms. The average molecular weight is 318 g/mol. The van der Waals surface area contributed by atoms with Gasteiger partial charge in [0.25, 0.3) is 11.8 Å². The van der Waals surface area contributed by atoms with Gasteiger partial charge in [0.15, 0.2) is 0 Å². The Morgan fingerprint density at radius 3 is 2.36 bits per heavy atom. The lowest BCUT2D eigenvalue weighted by molar-refractivity contribution is -0.139. The molecular formula is C18H20ClNO2. The summed E-state index contributed by atoms with van der Waals surface area (Å²) in [5, 5.41) is 0.0718. The first-order chi connectivity index (χ1) is 10.5. The quantitative estimate of drug-likeness (QED) is 0.774. The van der Waals surface area contributed by atoms with E-state index in [9.17, 15) is 9.59 Å². The minimum absolute atomic E-state index is 0.00533. The summed E-state index contributed by atoms with van der Waals surface area (Å²) in [5.74, 6) is -0.553. The smallest absolute Gasteiger partial charge is 0.270 e. The van der Waals surface area contributed by atoms with Gasteiger partial charge in [-0.3, -0.25) is 14.5 Å². The average Bonchev–Trinajstić information content (AvgIpc) is 2.71. The number of hydrogen-bond acceptors (Lipinski definition) is 2. The van der Waals surface area contributed by atoms with Gasteiger partial charge in [0.1, 0.15) is 5.03 Å². The maximum absolute atomic E-state index is 12.8. The number of benzene rings is 1. The SMILES string of the molecule is Cc1ccc(C2=C(Cl)C(=O)N(C3CCCCC3)C2=O)c(C)c1. The molecule has 2 aliphatic rings. The van der Waals surface area contributed by atoms with E-state index in [1.165, 1.54) is 11.3 Å². The molecule has 1 aromatic carbocycles. The van der Waals surface area contributed by atoms with Gasteiger partial charge in [0.05, 0.1) is 5.57 Å². The van der Waals surface area contributed by atoms with Crippen LogP contribution in [0.5, 0.6) is 0 Å². The summed E-state index contributed by atoms with van der Waals surface area (Å²) >= 11 is 6.25. The minimum atomic E-state index is -0.325. The molecule has 1 heterocycles. The first-order valence-corrected chi connectivity index (χ1v) is 8.24. The van der Waals surface area contributed by atoms with Gasteiger partial charge in [-0.25, -0.2) is 0 Å². The van der Waals surface area contributed by atoms with Crippen LogP contribution in [-0.2, 0) is 9.59 Å². The van der Waals surface area contributed by atoms with Crippen molar-refractivity contribution in [2.75, 3.05) is 0 Å². The number of imide groups is 1. The van der Waals surface area contributed by atoms with Gasteiger partial charge in [-0.05, 0) is 37.8 Å². The van der Waals surface area contributed by atoms with E-state index in [4.69, 9.17) is 11.6 Å². The lowest BCUT2D eigenvalue weighted by Gasteiger charge is -2.29. The van der Waals surface area contributed by atoms with Crippen LogP contribution in [0.3, 0.4) is 0 Å². The summed E-state index contributed by atoms with van der Waals surface area (Å²) in [6, 6.07) is 5.84. The molecule has 0 radical (unpaired) electrons. The Morgan fingerprint density at radius 1 is 1.05 bits per heavy atom. The highest BCUT2D eigenvalue weighted by Crippen LogP contribution is 2.37. The van der Waals surface area contributed by atoms with Crippen molar-refractivity contribution < 1.29 is 9.59 Å². The molecular weight excluding hydrogens is 298 g/mol. The zero-order valence-electron chi connectivity index (χ0n) is 13.0. The molecule has 0 saturated heterocycles. The van der Waals surface area contributed by atoms with Crippen LogP contribution in [0.15, 0.2) is 23.2 Å². The molecule has 116 valence electrons. The lowest BCUT2D eigenvalue weighted by Crippen LogP contribution is -2.42. The Hall–Kier alpha value is -1.61. The summed E-state index contributed by atoms with van der Waals surface area (Å²) in [6.07, 6.45) is 5.10. The fraction of sp³-hybridized carbons (Fsp3) is 0.444. The second-order valence-corrected chi connectivity index (χ2v) is 6.66. The number of nitrogens with zero attached hydrogens (tertiary/aromatic N) is 1. The molecule has 1 aromatic rings. The van der Waals surface area contributed by atoms with Gasteiger partial charge >= 0.3 is 0 Å². The van der Waals surface area contributed by atoms with Crippen molar-refractivity contribution in [1.29, 1.82) is 0 Å². The number of amides is 2. The number of carbonyl (C=O) groups is 2. The molecule has 3 rings (SSSR count). The van der Waals surface area contributed by atoms with Crippen molar-refractivity contribution in [3.8, 4) is 0 Å². The van der Waals surface area contributed by atoms with E-state index in [-0.39, 0.29) is 22.9 Å². The van der Waals surface area contributed by atoms with Crippen LogP contribution < -0.4 is 0 Å². The summed E-state index contributed by atoms with van der Waals surface area (Å²) < 4.78 is 0. The molecule has 1 fully saturated rings. The van der Waals surface area contributed by atoms with Crippen LogP contribution >= 0.6 is 11.6 Å². The molecule has 1 aliphatic heterocycles. The van der Waals surface area contributed by atoms with E-state index < -0.39 is 0 Å². The monoisotopic (exact) mass is 317 g/mol. The van der Waals surface area contributed by atoms with Gasteiger partial charge in [-0.1, -0.05) is 54.6 Å². The Labute approximate surface area is 135 Å². The van der Waals surface area contributed by atoms with Gasteiger partial charge < -0.3 is 0 Å². The number of carbonyl (C=O) groups excluding carboxylic acids is 2. The third-order valence-electron chi connectivity index (χ3n) is 4.65. The van der Waals surface area contributed by atoms with E-state index in [2.05, 4.69) is 0 Å². The Kier molecular flexibility index (Phi) is 4.09. The van der Waals surface area contributed by atoms with Crippen molar-refractivity contribution in [2.24, 2.45) is 0 Å². The predicted octanol–water partition coefficient (Wildman–Crippen LogP) is 3.95. The fourth-order valence-electron chi connectivity index (χ4n) is 3.52. The summed E-state index contributed by atoms with van der Waals surface area (Å²) in [7, 11) is 0. The lowest BCUT2D eigenvalue weighted by atomic mass is 9.94. The number of halogens is 1. The van der Waals surface area contributed by atoms with Crippen LogP contribution in [0, 0.1) is 13.8 Å². The molecule has 0 aromatic heterocycles. The zero-order chi connectivity index (χ0) is 15.9. The van der Waals surface area contributed by atoms with E-state index in [0.717, 1.165) is 42.4 Å². The molecule has 4 heteroatoms. The Morgan fingerprint density at radius 2 is 1.73 bits per heavy atom. The molecule has 0 unspecified atom stereocenters. The zero-order valence-corrected chi connectivity index (χ0v) is 13.7.